The van der Waals surface area contributed by atoms with E-state index in [1.165, 1.54) is 5.69 Å². The van der Waals surface area contributed by atoms with Gasteiger partial charge in [0.25, 0.3) is 0 Å². The molecule has 2 aromatic rings. The fourth-order valence-corrected chi connectivity index (χ4v) is 3.61. The maximum absolute atomic E-state index is 12.2. The van der Waals surface area contributed by atoms with Crippen LogP contribution in [0.1, 0.15) is 30.1 Å². The van der Waals surface area contributed by atoms with Gasteiger partial charge in [0, 0.05) is 32.2 Å². The van der Waals surface area contributed by atoms with Gasteiger partial charge in [-0.25, -0.2) is 0 Å². The zero-order valence-corrected chi connectivity index (χ0v) is 14.4. The van der Waals surface area contributed by atoms with Crippen molar-refractivity contribution < 1.29 is 4.79 Å². The Labute approximate surface area is 142 Å². The number of hydrogen-bond donors (Lipinski definition) is 1. The summed E-state index contributed by atoms with van der Waals surface area (Å²) in [4.78, 5) is 18.7. The SMILES string of the molecule is CN1CCC[C@@H](CNC(=O)Cc2cccnc2)[C@@H]1c1ccnn1C. The maximum atomic E-state index is 12.2. The summed E-state index contributed by atoms with van der Waals surface area (Å²) in [5.74, 6) is 0.456. The molecule has 0 saturated carbocycles. The van der Waals surface area contributed by atoms with E-state index in [2.05, 4.69) is 33.4 Å². The smallest absolute Gasteiger partial charge is 0.224 e. The second kappa shape index (κ2) is 7.57. The molecule has 1 N–H and O–H groups in total. The Morgan fingerprint density at radius 2 is 2.21 bits per heavy atom. The molecular weight excluding hydrogens is 302 g/mol. The van der Waals surface area contributed by atoms with E-state index in [9.17, 15) is 4.79 Å². The predicted molar refractivity (Wildman–Crippen MR) is 92.3 cm³/mol. The summed E-state index contributed by atoms with van der Waals surface area (Å²) in [7, 11) is 4.14. The molecule has 0 radical (unpaired) electrons. The predicted octanol–water partition coefficient (Wildman–Crippen LogP) is 1.56. The van der Waals surface area contributed by atoms with Crippen LogP contribution in [0.5, 0.6) is 0 Å². The standard InChI is InChI=1S/C18H25N5O/c1-22-10-4-6-15(18(22)16-7-9-21-23(16)2)13-20-17(24)11-14-5-3-8-19-12-14/h3,5,7-9,12,15,18H,4,6,10-11,13H2,1-2H3,(H,20,24)/t15-,18+/m0/s1. The number of hydrogen-bond acceptors (Lipinski definition) is 4. The summed E-state index contributed by atoms with van der Waals surface area (Å²) in [6.45, 7) is 1.77. The van der Waals surface area contributed by atoms with Crippen molar-refractivity contribution in [3.8, 4) is 0 Å². The molecule has 0 aromatic carbocycles. The Morgan fingerprint density at radius 1 is 1.33 bits per heavy atom. The van der Waals surface area contributed by atoms with Gasteiger partial charge in [0.2, 0.25) is 5.91 Å². The molecule has 1 aliphatic rings. The summed E-state index contributed by atoms with van der Waals surface area (Å²) in [5, 5.41) is 7.42. The van der Waals surface area contributed by atoms with Crippen molar-refractivity contribution in [2.45, 2.75) is 25.3 Å². The van der Waals surface area contributed by atoms with Crippen molar-refractivity contribution in [1.29, 1.82) is 0 Å². The molecule has 6 nitrogen and oxygen atoms in total. The number of rotatable bonds is 5. The third kappa shape index (κ3) is 3.82. The zero-order valence-electron chi connectivity index (χ0n) is 14.4. The Kier molecular flexibility index (Phi) is 5.25. The summed E-state index contributed by atoms with van der Waals surface area (Å²) < 4.78 is 1.94. The van der Waals surface area contributed by atoms with Crippen molar-refractivity contribution in [1.82, 2.24) is 25.0 Å². The number of pyridine rings is 1. The average Bonchev–Trinajstić information content (AvgIpc) is 2.99. The highest BCUT2D eigenvalue weighted by molar-refractivity contribution is 5.78. The summed E-state index contributed by atoms with van der Waals surface area (Å²) in [6, 6.07) is 6.16. The van der Waals surface area contributed by atoms with E-state index in [1.54, 1.807) is 12.4 Å². The van der Waals surface area contributed by atoms with Crippen molar-refractivity contribution in [2.24, 2.45) is 13.0 Å². The summed E-state index contributed by atoms with van der Waals surface area (Å²) >= 11 is 0. The number of aryl methyl sites for hydroxylation is 1. The van der Waals surface area contributed by atoms with Crippen molar-refractivity contribution >= 4 is 5.91 Å². The highest BCUT2D eigenvalue weighted by Gasteiger charge is 2.32. The number of carbonyl (C=O) groups excluding carboxylic acids is 1. The zero-order chi connectivity index (χ0) is 16.9. The number of aromatic nitrogens is 3. The molecule has 0 spiro atoms. The Balaban J connectivity index is 1.62. The number of piperidine rings is 1. The maximum Gasteiger partial charge on any atom is 0.224 e. The van der Waals surface area contributed by atoms with Gasteiger partial charge in [-0.05, 0) is 50.0 Å². The lowest BCUT2D eigenvalue weighted by Gasteiger charge is -2.39. The van der Waals surface area contributed by atoms with Crippen LogP contribution in [-0.2, 0) is 18.3 Å². The molecule has 24 heavy (non-hydrogen) atoms. The molecule has 1 saturated heterocycles. The molecule has 128 valence electrons. The van der Waals surface area contributed by atoms with Crippen LogP contribution in [-0.4, -0.2) is 45.7 Å². The van der Waals surface area contributed by atoms with Crippen LogP contribution in [0.15, 0.2) is 36.8 Å². The second-order valence-corrected chi connectivity index (χ2v) is 6.55. The lowest BCUT2D eigenvalue weighted by atomic mass is 9.87. The first kappa shape index (κ1) is 16.6. The van der Waals surface area contributed by atoms with Crippen LogP contribution in [0, 0.1) is 5.92 Å². The van der Waals surface area contributed by atoms with Gasteiger partial charge in [0.15, 0.2) is 0 Å². The van der Waals surface area contributed by atoms with Crippen LogP contribution >= 0.6 is 0 Å². The van der Waals surface area contributed by atoms with E-state index in [4.69, 9.17) is 0 Å². The van der Waals surface area contributed by atoms with Gasteiger partial charge in [-0.2, -0.15) is 5.10 Å². The molecule has 1 amide bonds. The first-order valence-corrected chi connectivity index (χ1v) is 8.49. The van der Waals surface area contributed by atoms with Gasteiger partial charge < -0.3 is 5.32 Å². The average molecular weight is 327 g/mol. The first-order valence-electron chi connectivity index (χ1n) is 8.49. The van der Waals surface area contributed by atoms with Crippen LogP contribution in [0.3, 0.4) is 0 Å². The summed E-state index contributed by atoms with van der Waals surface area (Å²) in [5.41, 5.74) is 2.16. The molecule has 1 fully saturated rings. The number of nitrogens with zero attached hydrogens (tertiary/aromatic N) is 4. The highest BCUT2D eigenvalue weighted by atomic mass is 16.1. The molecule has 2 aromatic heterocycles. The molecule has 3 rings (SSSR count). The Morgan fingerprint density at radius 3 is 2.92 bits per heavy atom. The van der Waals surface area contributed by atoms with Gasteiger partial charge in [0.05, 0.1) is 18.2 Å². The molecule has 3 heterocycles. The van der Waals surface area contributed by atoms with Gasteiger partial charge in [0.1, 0.15) is 0 Å². The molecule has 0 unspecified atom stereocenters. The van der Waals surface area contributed by atoms with Crippen LogP contribution in [0.4, 0.5) is 0 Å². The number of carbonyl (C=O) groups is 1. The van der Waals surface area contributed by atoms with Gasteiger partial charge in [-0.15, -0.1) is 0 Å². The van der Waals surface area contributed by atoms with Crippen molar-refractivity contribution in [3.63, 3.8) is 0 Å². The Bertz CT molecular complexity index is 669. The molecule has 0 aliphatic carbocycles. The third-order valence-corrected chi connectivity index (χ3v) is 4.82. The molecule has 0 bridgehead atoms. The lowest BCUT2D eigenvalue weighted by Crippen LogP contribution is -2.42. The normalized spacial score (nSPS) is 21.6. The molecule has 1 aliphatic heterocycles. The van der Waals surface area contributed by atoms with Crippen molar-refractivity contribution in [2.75, 3.05) is 20.1 Å². The topological polar surface area (TPSA) is 63.1 Å². The minimum Gasteiger partial charge on any atom is -0.355 e. The van der Waals surface area contributed by atoms with Crippen LogP contribution < -0.4 is 5.32 Å². The minimum absolute atomic E-state index is 0.0555. The van der Waals surface area contributed by atoms with E-state index in [1.807, 2.05) is 30.1 Å². The van der Waals surface area contributed by atoms with Crippen LogP contribution in [0.2, 0.25) is 0 Å². The molecule has 2 atom stereocenters. The molecular formula is C18H25N5O. The van der Waals surface area contributed by atoms with Gasteiger partial charge in [-0.1, -0.05) is 6.07 Å². The monoisotopic (exact) mass is 327 g/mol. The first-order chi connectivity index (χ1) is 11.6. The fraction of sp³-hybridized carbons (Fsp3) is 0.500. The number of amides is 1. The van der Waals surface area contributed by atoms with Gasteiger partial charge >= 0.3 is 0 Å². The van der Waals surface area contributed by atoms with E-state index in [0.29, 0.717) is 24.9 Å². The third-order valence-electron chi connectivity index (χ3n) is 4.82. The number of nitrogens with one attached hydrogen (secondary N) is 1. The van der Waals surface area contributed by atoms with E-state index >= 15 is 0 Å². The second-order valence-electron chi connectivity index (χ2n) is 6.55. The van der Waals surface area contributed by atoms with Crippen molar-refractivity contribution in [3.05, 3.63) is 48.0 Å². The van der Waals surface area contributed by atoms with E-state index in [0.717, 1.165) is 24.9 Å². The summed E-state index contributed by atoms with van der Waals surface area (Å²) in [6.07, 6.45) is 7.97. The fourth-order valence-electron chi connectivity index (χ4n) is 3.61. The van der Waals surface area contributed by atoms with E-state index < -0.39 is 0 Å². The quantitative estimate of drug-likeness (QED) is 0.905. The highest BCUT2D eigenvalue weighted by Crippen LogP contribution is 2.34. The van der Waals surface area contributed by atoms with Gasteiger partial charge in [-0.3, -0.25) is 19.4 Å². The molecule has 6 heteroatoms. The minimum atomic E-state index is 0.0555. The largest absolute Gasteiger partial charge is 0.355 e. The van der Waals surface area contributed by atoms with Crippen LogP contribution in [0.25, 0.3) is 0 Å². The number of likely N-dealkylation sites (tertiary alicyclic amines) is 1. The Hall–Kier alpha value is -2.21. The van der Waals surface area contributed by atoms with E-state index in [-0.39, 0.29) is 5.91 Å². The lowest BCUT2D eigenvalue weighted by molar-refractivity contribution is -0.120.